The van der Waals surface area contributed by atoms with Crippen LogP contribution in [-0.4, -0.2) is 27.2 Å². The van der Waals surface area contributed by atoms with Gasteiger partial charge in [0.15, 0.2) is 10.8 Å². The van der Waals surface area contributed by atoms with E-state index in [1.165, 1.54) is 18.2 Å². The average molecular weight is 296 g/mol. The zero-order valence-corrected chi connectivity index (χ0v) is 10.6. The van der Waals surface area contributed by atoms with Gasteiger partial charge in [0.25, 0.3) is 5.91 Å². The Hall–Kier alpha value is -2.54. The van der Waals surface area contributed by atoms with Crippen LogP contribution in [0.25, 0.3) is 0 Å². The molecule has 0 bridgehead atoms. The molecule has 0 aliphatic carbocycles. The number of halogens is 2. The fraction of sp³-hybridized carbons (Fsp3) is 0. The molecule has 102 valence electrons. The van der Waals surface area contributed by atoms with Crippen molar-refractivity contribution in [1.82, 2.24) is 10.2 Å². The van der Waals surface area contributed by atoms with Gasteiger partial charge in [0.05, 0.1) is 5.56 Å². The highest BCUT2D eigenvalue weighted by atomic mass is 35.5. The number of aromatic nitrogens is 2. The molecule has 2 aromatic rings. The number of carboxylic acid groups (broad SMARTS) is 1. The Morgan fingerprint density at radius 3 is 2.55 bits per heavy atom. The summed E-state index contributed by atoms with van der Waals surface area (Å²) in [4.78, 5) is 22.6. The fourth-order valence-electron chi connectivity index (χ4n) is 1.40. The molecular formula is C12H7ClFN3O3. The first-order chi connectivity index (χ1) is 9.47. The van der Waals surface area contributed by atoms with Crippen LogP contribution in [0.5, 0.6) is 0 Å². The molecule has 0 fully saturated rings. The topological polar surface area (TPSA) is 92.2 Å². The average Bonchev–Trinajstić information content (AvgIpc) is 2.41. The van der Waals surface area contributed by atoms with Gasteiger partial charge < -0.3 is 10.4 Å². The van der Waals surface area contributed by atoms with Gasteiger partial charge in [0, 0.05) is 5.69 Å². The number of rotatable bonds is 3. The summed E-state index contributed by atoms with van der Waals surface area (Å²) in [6.07, 6.45) is 0. The molecule has 0 spiro atoms. The highest BCUT2D eigenvalue weighted by molar-refractivity contribution is 6.29. The van der Waals surface area contributed by atoms with E-state index < -0.39 is 23.3 Å². The van der Waals surface area contributed by atoms with E-state index in [4.69, 9.17) is 16.7 Å². The molecule has 1 aromatic heterocycles. The summed E-state index contributed by atoms with van der Waals surface area (Å²) in [5, 5.41) is 18.4. The van der Waals surface area contributed by atoms with Gasteiger partial charge in [-0.3, -0.25) is 4.79 Å². The number of carbonyl (C=O) groups excluding carboxylic acids is 1. The number of nitrogens with zero attached hydrogens (tertiary/aromatic N) is 2. The molecule has 0 aliphatic heterocycles. The van der Waals surface area contributed by atoms with Crippen LogP contribution in [0.1, 0.15) is 20.8 Å². The fourth-order valence-corrected chi connectivity index (χ4v) is 1.50. The predicted molar refractivity (Wildman–Crippen MR) is 68.4 cm³/mol. The number of anilines is 1. The highest BCUT2D eigenvalue weighted by Crippen LogP contribution is 2.15. The Morgan fingerprint density at radius 1 is 1.20 bits per heavy atom. The van der Waals surface area contributed by atoms with Crippen molar-refractivity contribution in [2.24, 2.45) is 0 Å². The largest absolute Gasteiger partial charge is 0.478 e. The monoisotopic (exact) mass is 295 g/mol. The zero-order chi connectivity index (χ0) is 14.7. The lowest BCUT2D eigenvalue weighted by molar-refractivity contribution is 0.0691. The smallest absolute Gasteiger partial charge is 0.338 e. The Labute approximate surface area is 117 Å². The minimum absolute atomic E-state index is 0.00407. The van der Waals surface area contributed by atoms with Crippen LogP contribution in [-0.2, 0) is 0 Å². The first-order valence-corrected chi connectivity index (χ1v) is 5.68. The molecule has 0 aliphatic rings. The van der Waals surface area contributed by atoms with Crippen molar-refractivity contribution in [3.8, 4) is 0 Å². The van der Waals surface area contributed by atoms with Crippen LogP contribution >= 0.6 is 11.6 Å². The van der Waals surface area contributed by atoms with Crippen LogP contribution in [0.3, 0.4) is 0 Å². The Bertz CT molecular complexity index is 676. The summed E-state index contributed by atoms with van der Waals surface area (Å²) in [6.45, 7) is 0. The molecule has 8 heteroatoms. The quantitative estimate of drug-likeness (QED) is 0.906. The summed E-state index contributed by atoms with van der Waals surface area (Å²) < 4.78 is 13.2. The van der Waals surface area contributed by atoms with E-state index in [0.717, 1.165) is 12.1 Å². The second-order valence-electron chi connectivity index (χ2n) is 3.70. The van der Waals surface area contributed by atoms with Crippen LogP contribution in [0, 0.1) is 5.82 Å². The van der Waals surface area contributed by atoms with E-state index in [2.05, 4.69) is 15.5 Å². The molecule has 20 heavy (non-hydrogen) atoms. The number of carboxylic acids is 1. The highest BCUT2D eigenvalue weighted by Gasteiger charge is 2.13. The van der Waals surface area contributed by atoms with Gasteiger partial charge in [0.1, 0.15) is 5.82 Å². The lowest BCUT2D eigenvalue weighted by atomic mass is 10.2. The summed E-state index contributed by atoms with van der Waals surface area (Å²) in [5.41, 5.74) is -0.411. The van der Waals surface area contributed by atoms with E-state index in [1.54, 1.807) is 0 Å². The van der Waals surface area contributed by atoms with Gasteiger partial charge in [-0.15, -0.1) is 10.2 Å². The van der Waals surface area contributed by atoms with Crippen molar-refractivity contribution in [2.75, 3.05) is 5.32 Å². The summed E-state index contributed by atoms with van der Waals surface area (Å²) >= 11 is 5.54. The number of carbonyl (C=O) groups is 2. The van der Waals surface area contributed by atoms with Crippen molar-refractivity contribution in [3.63, 3.8) is 0 Å². The zero-order valence-electron chi connectivity index (χ0n) is 9.80. The van der Waals surface area contributed by atoms with Gasteiger partial charge in [-0.25, -0.2) is 9.18 Å². The molecule has 0 saturated heterocycles. The Morgan fingerprint density at radius 2 is 1.95 bits per heavy atom. The molecule has 0 saturated carbocycles. The van der Waals surface area contributed by atoms with E-state index in [9.17, 15) is 14.0 Å². The summed E-state index contributed by atoms with van der Waals surface area (Å²) in [7, 11) is 0. The van der Waals surface area contributed by atoms with E-state index in [0.29, 0.717) is 0 Å². The first-order valence-electron chi connectivity index (χ1n) is 5.31. The molecule has 1 amide bonds. The van der Waals surface area contributed by atoms with Gasteiger partial charge in [-0.2, -0.15) is 0 Å². The number of amides is 1. The maximum absolute atomic E-state index is 13.2. The predicted octanol–water partition coefficient (Wildman–Crippen LogP) is 2.22. The van der Waals surface area contributed by atoms with E-state index >= 15 is 0 Å². The van der Waals surface area contributed by atoms with E-state index in [1.807, 2.05) is 0 Å². The molecular weight excluding hydrogens is 289 g/mol. The molecule has 6 nitrogen and oxygen atoms in total. The normalized spacial score (nSPS) is 10.1. The number of hydrogen-bond acceptors (Lipinski definition) is 4. The number of benzene rings is 1. The number of nitrogens with one attached hydrogen (secondary N) is 1. The second-order valence-corrected chi connectivity index (χ2v) is 4.08. The van der Waals surface area contributed by atoms with Crippen molar-refractivity contribution in [1.29, 1.82) is 0 Å². The van der Waals surface area contributed by atoms with Crippen LogP contribution in [0.15, 0.2) is 30.3 Å². The summed E-state index contributed by atoms with van der Waals surface area (Å²) in [6, 6.07) is 5.94. The minimum Gasteiger partial charge on any atom is -0.478 e. The second kappa shape index (κ2) is 5.62. The van der Waals surface area contributed by atoms with Gasteiger partial charge in [0.2, 0.25) is 0 Å². The van der Waals surface area contributed by atoms with Crippen LogP contribution in [0.4, 0.5) is 10.1 Å². The Balaban J connectivity index is 2.21. The molecule has 0 atom stereocenters. The molecule has 1 aromatic carbocycles. The number of hydrogen-bond donors (Lipinski definition) is 2. The standard InChI is InChI=1S/C12H7ClFN3O3/c13-10-4-3-9(16-17-10)11(18)15-6-1-2-8(14)7(5-6)12(19)20/h1-5H,(H,15,18)(H,19,20). The van der Waals surface area contributed by atoms with Gasteiger partial charge >= 0.3 is 5.97 Å². The van der Waals surface area contributed by atoms with Crippen LogP contribution < -0.4 is 5.32 Å². The lowest BCUT2D eigenvalue weighted by Gasteiger charge is -2.06. The molecule has 0 radical (unpaired) electrons. The third-order valence-electron chi connectivity index (χ3n) is 2.32. The van der Waals surface area contributed by atoms with Crippen molar-refractivity contribution in [3.05, 3.63) is 52.6 Å². The summed E-state index contributed by atoms with van der Waals surface area (Å²) in [5.74, 6) is -2.93. The van der Waals surface area contributed by atoms with Gasteiger partial charge in [-0.1, -0.05) is 11.6 Å². The minimum atomic E-state index is -1.43. The number of aromatic carboxylic acids is 1. The molecule has 2 rings (SSSR count). The lowest BCUT2D eigenvalue weighted by Crippen LogP contribution is -2.15. The van der Waals surface area contributed by atoms with Crippen molar-refractivity contribution >= 4 is 29.2 Å². The third-order valence-corrected chi connectivity index (χ3v) is 2.52. The first kappa shape index (κ1) is 13.9. The van der Waals surface area contributed by atoms with Gasteiger partial charge in [-0.05, 0) is 30.3 Å². The maximum atomic E-state index is 13.2. The van der Waals surface area contributed by atoms with Crippen molar-refractivity contribution < 1.29 is 19.1 Å². The molecule has 2 N–H and O–H groups in total. The van der Waals surface area contributed by atoms with E-state index in [-0.39, 0.29) is 16.5 Å². The SMILES string of the molecule is O=C(Nc1ccc(F)c(C(=O)O)c1)c1ccc(Cl)nn1. The molecule has 0 unspecified atom stereocenters. The van der Waals surface area contributed by atoms with Crippen LogP contribution in [0.2, 0.25) is 5.15 Å². The third kappa shape index (κ3) is 3.07. The maximum Gasteiger partial charge on any atom is 0.338 e. The van der Waals surface area contributed by atoms with Crippen molar-refractivity contribution in [2.45, 2.75) is 0 Å². The molecule has 1 heterocycles. The Kier molecular flexibility index (Phi) is 3.90.